The number of amides is 1. The van der Waals surface area contributed by atoms with Crippen LogP contribution in [0.4, 0.5) is 5.69 Å². The summed E-state index contributed by atoms with van der Waals surface area (Å²) in [5.74, 6) is -0.189. The highest BCUT2D eigenvalue weighted by Gasteiger charge is 2.16. The number of rotatable bonds is 3. The van der Waals surface area contributed by atoms with Crippen LogP contribution < -0.4 is 11.1 Å². The first kappa shape index (κ1) is 11.6. The number of carbonyl (C=O) groups excluding carboxylic acids is 1. The van der Waals surface area contributed by atoms with Crippen LogP contribution in [0.3, 0.4) is 0 Å². The van der Waals surface area contributed by atoms with Crippen molar-refractivity contribution >= 4 is 22.9 Å². The lowest BCUT2D eigenvalue weighted by Crippen LogP contribution is -2.26. The van der Waals surface area contributed by atoms with Crippen molar-refractivity contribution in [1.29, 1.82) is 0 Å². The minimum absolute atomic E-state index is 0.104. The zero-order valence-electron chi connectivity index (χ0n) is 8.96. The number of thiophene rings is 1. The van der Waals surface area contributed by atoms with Crippen LogP contribution >= 0.6 is 11.3 Å². The van der Waals surface area contributed by atoms with Gasteiger partial charge in [-0.3, -0.25) is 4.79 Å². The van der Waals surface area contributed by atoms with Crippen LogP contribution in [0.5, 0.6) is 5.75 Å². The van der Waals surface area contributed by atoms with Gasteiger partial charge in [-0.15, -0.1) is 11.3 Å². The molecule has 0 saturated heterocycles. The molecule has 0 aliphatic rings. The molecule has 1 aromatic carbocycles. The van der Waals surface area contributed by atoms with Crippen LogP contribution in [0.25, 0.3) is 0 Å². The lowest BCUT2D eigenvalue weighted by molar-refractivity contribution is -0.117. The number of hydrogen-bond donors (Lipinski definition) is 3. The molecule has 1 amide bonds. The summed E-state index contributed by atoms with van der Waals surface area (Å²) in [5.41, 5.74) is 6.33. The lowest BCUT2D eigenvalue weighted by Gasteiger charge is -2.10. The molecule has 0 aliphatic carbocycles. The molecule has 1 unspecified atom stereocenters. The van der Waals surface area contributed by atoms with E-state index in [1.165, 1.54) is 23.5 Å². The Morgan fingerprint density at radius 3 is 2.82 bits per heavy atom. The van der Waals surface area contributed by atoms with Crippen molar-refractivity contribution in [1.82, 2.24) is 0 Å². The molecule has 4 nitrogen and oxygen atoms in total. The van der Waals surface area contributed by atoms with E-state index in [0.717, 1.165) is 4.88 Å². The number of hydrogen-bond acceptors (Lipinski definition) is 4. The zero-order valence-corrected chi connectivity index (χ0v) is 9.78. The smallest absolute Gasteiger partial charge is 0.246 e. The number of benzene rings is 1. The Morgan fingerprint density at radius 2 is 2.18 bits per heavy atom. The summed E-state index contributed by atoms with van der Waals surface area (Å²) < 4.78 is 0. The van der Waals surface area contributed by atoms with Crippen molar-refractivity contribution in [3.8, 4) is 5.75 Å². The molecule has 0 fully saturated rings. The number of nitrogens with two attached hydrogens (primary N) is 1. The fourth-order valence-corrected chi connectivity index (χ4v) is 2.13. The predicted molar refractivity (Wildman–Crippen MR) is 68.0 cm³/mol. The van der Waals surface area contributed by atoms with Gasteiger partial charge in [-0.05, 0) is 23.6 Å². The minimum Gasteiger partial charge on any atom is -0.508 e. The summed E-state index contributed by atoms with van der Waals surface area (Å²) in [7, 11) is 0. The first-order chi connectivity index (χ1) is 8.16. The molecule has 1 heterocycles. The van der Waals surface area contributed by atoms with Gasteiger partial charge in [0.1, 0.15) is 11.8 Å². The van der Waals surface area contributed by atoms with Gasteiger partial charge < -0.3 is 16.2 Å². The van der Waals surface area contributed by atoms with Gasteiger partial charge in [0.05, 0.1) is 0 Å². The molecule has 2 aromatic rings. The Hall–Kier alpha value is -1.85. The number of anilines is 1. The van der Waals surface area contributed by atoms with Gasteiger partial charge in [-0.25, -0.2) is 0 Å². The molecular formula is C12H12N2O2S. The van der Waals surface area contributed by atoms with Crippen molar-refractivity contribution in [2.24, 2.45) is 5.73 Å². The standard InChI is InChI=1S/C12H12N2O2S/c13-11(10-5-2-6-17-10)12(16)14-8-3-1-4-9(15)7-8/h1-7,11,15H,13H2,(H,14,16). The number of nitrogens with one attached hydrogen (secondary N) is 1. The summed E-state index contributed by atoms with van der Waals surface area (Å²) in [6, 6.07) is 9.34. The highest BCUT2D eigenvalue weighted by Crippen LogP contribution is 2.20. The van der Waals surface area contributed by atoms with Gasteiger partial charge in [-0.2, -0.15) is 0 Å². The van der Waals surface area contributed by atoms with Gasteiger partial charge in [0, 0.05) is 16.6 Å². The molecule has 0 spiro atoms. The SMILES string of the molecule is NC(C(=O)Nc1cccc(O)c1)c1cccs1. The average molecular weight is 248 g/mol. The van der Waals surface area contributed by atoms with E-state index >= 15 is 0 Å². The van der Waals surface area contributed by atoms with E-state index in [1.54, 1.807) is 12.1 Å². The minimum atomic E-state index is -0.683. The summed E-state index contributed by atoms with van der Waals surface area (Å²) in [4.78, 5) is 12.6. The lowest BCUT2D eigenvalue weighted by atomic mass is 10.2. The van der Waals surface area contributed by atoms with E-state index in [1.807, 2.05) is 17.5 Å². The topological polar surface area (TPSA) is 75.4 Å². The highest BCUT2D eigenvalue weighted by atomic mass is 32.1. The van der Waals surface area contributed by atoms with E-state index in [-0.39, 0.29) is 11.7 Å². The third-order valence-corrected chi connectivity index (χ3v) is 3.20. The second-order valence-electron chi connectivity index (χ2n) is 3.53. The molecule has 17 heavy (non-hydrogen) atoms. The van der Waals surface area contributed by atoms with E-state index in [9.17, 15) is 9.90 Å². The first-order valence-corrected chi connectivity index (χ1v) is 5.93. The van der Waals surface area contributed by atoms with Crippen LogP contribution in [0.2, 0.25) is 0 Å². The molecule has 0 radical (unpaired) electrons. The fourth-order valence-electron chi connectivity index (χ4n) is 1.40. The summed E-state index contributed by atoms with van der Waals surface area (Å²) in [6.45, 7) is 0. The number of aromatic hydroxyl groups is 1. The van der Waals surface area contributed by atoms with Crippen molar-refractivity contribution < 1.29 is 9.90 Å². The second kappa shape index (κ2) is 4.99. The van der Waals surface area contributed by atoms with Gasteiger partial charge in [0.25, 0.3) is 0 Å². The Balaban J connectivity index is 2.07. The molecule has 5 heteroatoms. The summed E-state index contributed by atoms with van der Waals surface area (Å²) in [5, 5.41) is 13.8. The van der Waals surface area contributed by atoms with E-state index in [4.69, 9.17) is 5.73 Å². The van der Waals surface area contributed by atoms with Crippen LogP contribution in [-0.2, 0) is 4.79 Å². The largest absolute Gasteiger partial charge is 0.508 e. The van der Waals surface area contributed by atoms with E-state index < -0.39 is 6.04 Å². The maximum Gasteiger partial charge on any atom is 0.246 e. The van der Waals surface area contributed by atoms with Gasteiger partial charge in [-0.1, -0.05) is 12.1 Å². The molecule has 0 saturated carbocycles. The number of phenolic OH excluding ortho intramolecular Hbond substituents is 1. The van der Waals surface area contributed by atoms with Crippen LogP contribution in [0.1, 0.15) is 10.9 Å². The number of carbonyl (C=O) groups is 1. The first-order valence-electron chi connectivity index (χ1n) is 5.05. The molecule has 88 valence electrons. The normalized spacial score (nSPS) is 12.1. The van der Waals surface area contributed by atoms with Crippen molar-refractivity contribution in [3.05, 3.63) is 46.7 Å². The quantitative estimate of drug-likeness (QED) is 0.778. The summed E-state index contributed by atoms with van der Waals surface area (Å²) >= 11 is 1.44. The van der Waals surface area contributed by atoms with Crippen LogP contribution in [-0.4, -0.2) is 11.0 Å². The Morgan fingerprint density at radius 1 is 1.35 bits per heavy atom. The fraction of sp³-hybridized carbons (Fsp3) is 0.0833. The Labute approximate surface area is 103 Å². The molecule has 0 bridgehead atoms. The maximum atomic E-state index is 11.8. The molecule has 0 aliphatic heterocycles. The maximum absolute atomic E-state index is 11.8. The van der Waals surface area contributed by atoms with E-state index in [0.29, 0.717) is 5.69 Å². The van der Waals surface area contributed by atoms with E-state index in [2.05, 4.69) is 5.32 Å². The Bertz CT molecular complexity index is 511. The third-order valence-electron chi connectivity index (χ3n) is 2.25. The molecular weight excluding hydrogens is 236 g/mol. The highest BCUT2D eigenvalue weighted by molar-refractivity contribution is 7.10. The monoisotopic (exact) mass is 248 g/mol. The van der Waals surface area contributed by atoms with Crippen LogP contribution in [0.15, 0.2) is 41.8 Å². The molecule has 2 rings (SSSR count). The predicted octanol–water partition coefficient (Wildman–Crippen LogP) is 2.09. The van der Waals surface area contributed by atoms with Crippen molar-refractivity contribution in [2.75, 3.05) is 5.32 Å². The van der Waals surface area contributed by atoms with Gasteiger partial charge in [0.2, 0.25) is 5.91 Å². The van der Waals surface area contributed by atoms with Gasteiger partial charge >= 0.3 is 0 Å². The zero-order chi connectivity index (χ0) is 12.3. The number of phenols is 1. The summed E-state index contributed by atoms with van der Waals surface area (Å²) in [6.07, 6.45) is 0. The second-order valence-corrected chi connectivity index (χ2v) is 4.51. The molecule has 1 aromatic heterocycles. The van der Waals surface area contributed by atoms with Crippen LogP contribution in [0, 0.1) is 0 Å². The average Bonchev–Trinajstić information content (AvgIpc) is 2.81. The Kier molecular flexibility index (Phi) is 3.41. The third kappa shape index (κ3) is 2.83. The van der Waals surface area contributed by atoms with Gasteiger partial charge in [0.15, 0.2) is 0 Å². The molecule has 4 N–H and O–H groups in total. The molecule has 1 atom stereocenters. The van der Waals surface area contributed by atoms with Crippen molar-refractivity contribution in [2.45, 2.75) is 6.04 Å². The van der Waals surface area contributed by atoms with Crippen molar-refractivity contribution in [3.63, 3.8) is 0 Å².